The van der Waals surface area contributed by atoms with Gasteiger partial charge in [-0.25, -0.2) is 4.79 Å². The Morgan fingerprint density at radius 1 is 1.41 bits per heavy atom. The van der Waals surface area contributed by atoms with Crippen molar-refractivity contribution in [1.29, 1.82) is 0 Å². The fourth-order valence-electron chi connectivity index (χ4n) is 0.995. The zero-order chi connectivity index (χ0) is 12.8. The summed E-state index contributed by atoms with van der Waals surface area (Å²) in [6.07, 6.45) is 1.15. The number of halogens is 2. The lowest BCUT2D eigenvalue weighted by Gasteiger charge is -2.09. The van der Waals surface area contributed by atoms with Crippen molar-refractivity contribution in [3.05, 3.63) is 38.8 Å². The van der Waals surface area contributed by atoms with Crippen molar-refractivity contribution in [2.24, 2.45) is 0 Å². The van der Waals surface area contributed by atoms with Crippen LogP contribution in [0.4, 0.5) is 0 Å². The third kappa shape index (κ3) is 4.08. The van der Waals surface area contributed by atoms with E-state index in [-0.39, 0.29) is 5.76 Å². The van der Waals surface area contributed by atoms with E-state index in [2.05, 4.69) is 27.3 Å². The summed E-state index contributed by atoms with van der Waals surface area (Å²) in [7, 11) is 2.66. The number of ether oxygens (including phenoxy) is 3. The summed E-state index contributed by atoms with van der Waals surface area (Å²) >= 11 is 8.05. The molecular formula is C11H10ClIO4. The second kappa shape index (κ2) is 6.70. The Hall–Kier alpha value is -0.950. The topological polar surface area (TPSA) is 44.8 Å². The summed E-state index contributed by atoms with van der Waals surface area (Å²) in [5, 5.41) is 0.399. The molecule has 4 nitrogen and oxygen atoms in total. The summed E-state index contributed by atoms with van der Waals surface area (Å²) in [6.45, 7) is 0. The van der Waals surface area contributed by atoms with E-state index in [1.807, 2.05) is 6.07 Å². The highest BCUT2D eigenvalue weighted by atomic mass is 127. The van der Waals surface area contributed by atoms with E-state index in [0.29, 0.717) is 10.8 Å². The highest BCUT2D eigenvalue weighted by molar-refractivity contribution is 14.1. The average molecular weight is 369 g/mol. The second-order valence-corrected chi connectivity index (χ2v) is 4.54. The molecule has 0 amide bonds. The summed E-state index contributed by atoms with van der Waals surface area (Å²) in [5.74, 6) is -0.340. The van der Waals surface area contributed by atoms with Crippen LogP contribution in [-0.2, 0) is 14.3 Å². The zero-order valence-corrected chi connectivity index (χ0v) is 12.1. The third-order valence-corrected chi connectivity index (χ3v) is 2.71. The molecule has 0 aliphatic carbocycles. The van der Waals surface area contributed by atoms with Gasteiger partial charge in [0.15, 0.2) is 0 Å². The second-order valence-electron chi connectivity index (χ2n) is 2.89. The maximum atomic E-state index is 11.4. The molecule has 0 N–H and O–H groups in total. The van der Waals surface area contributed by atoms with Crippen molar-refractivity contribution in [3.63, 3.8) is 0 Å². The van der Waals surface area contributed by atoms with E-state index in [9.17, 15) is 4.79 Å². The Morgan fingerprint density at radius 3 is 2.71 bits per heavy atom. The highest BCUT2D eigenvalue weighted by Gasteiger charge is 2.15. The molecule has 0 spiro atoms. The van der Waals surface area contributed by atoms with Crippen LogP contribution in [0.25, 0.3) is 0 Å². The number of rotatable bonds is 4. The molecule has 0 unspecified atom stereocenters. The molecule has 0 saturated carbocycles. The van der Waals surface area contributed by atoms with Gasteiger partial charge in [-0.2, -0.15) is 0 Å². The van der Waals surface area contributed by atoms with Crippen molar-refractivity contribution < 1.29 is 19.0 Å². The van der Waals surface area contributed by atoms with Crippen molar-refractivity contribution in [3.8, 4) is 5.75 Å². The van der Waals surface area contributed by atoms with Crippen LogP contribution in [0.5, 0.6) is 5.75 Å². The molecule has 0 aliphatic heterocycles. The van der Waals surface area contributed by atoms with Gasteiger partial charge in [-0.15, -0.1) is 0 Å². The third-order valence-electron chi connectivity index (χ3n) is 1.72. The van der Waals surface area contributed by atoms with E-state index in [4.69, 9.17) is 21.1 Å². The lowest BCUT2D eigenvalue weighted by Crippen LogP contribution is -2.11. The number of benzene rings is 1. The average Bonchev–Trinajstić information content (AvgIpc) is 2.32. The molecule has 0 bridgehead atoms. The van der Waals surface area contributed by atoms with Crippen LogP contribution in [0.1, 0.15) is 0 Å². The molecular weight excluding hydrogens is 358 g/mol. The molecule has 1 aromatic carbocycles. The minimum atomic E-state index is -0.637. The first-order chi connectivity index (χ1) is 8.08. The minimum absolute atomic E-state index is 0.0705. The molecule has 0 aliphatic rings. The van der Waals surface area contributed by atoms with Gasteiger partial charge >= 0.3 is 5.97 Å². The summed E-state index contributed by atoms with van der Waals surface area (Å²) in [4.78, 5) is 11.4. The smallest absolute Gasteiger partial charge is 0.377 e. The molecule has 0 aromatic heterocycles. The van der Waals surface area contributed by atoms with Gasteiger partial charge < -0.3 is 14.2 Å². The van der Waals surface area contributed by atoms with Crippen LogP contribution in [0.2, 0.25) is 5.02 Å². The number of methoxy groups -OCH3 is 2. The summed E-state index contributed by atoms with van der Waals surface area (Å²) in [6, 6.07) is 5.21. The van der Waals surface area contributed by atoms with Gasteiger partial charge in [-0.1, -0.05) is 11.6 Å². The van der Waals surface area contributed by atoms with E-state index >= 15 is 0 Å². The fourth-order valence-corrected chi connectivity index (χ4v) is 1.61. The van der Waals surface area contributed by atoms with Crippen molar-refractivity contribution in [2.45, 2.75) is 0 Å². The number of hydrogen-bond acceptors (Lipinski definition) is 4. The molecule has 0 saturated heterocycles. The fraction of sp³-hybridized carbons (Fsp3) is 0.182. The van der Waals surface area contributed by atoms with Crippen molar-refractivity contribution in [2.75, 3.05) is 14.2 Å². The zero-order valence-electron chi connectivity index (χ0n) is 9.20. The van der Waals surface area contributed by atoms with Gasteiger partial charge in [-0.3, -0.25) is 0 Å². The maximum Gasteiger partial charge on any atom is 0.377 e. The number of hydrogen-bond donors (Lipinski definition) is 0. The van der Waals surface area contributed by atoms with Gasteiger partial charge in [-0.05, 0) is 40.8 Å². The number of carbonyl (C=O) groups is 1. The minimum Gasteiger partial charge on any atom is -0.500 e. The van der Waals surface area contributed by atoms with Gasteiger partial charge in [0.05, 0.1) is 19.2 Å². The standard InChI is InChI=1S/C11H10ClIO4/c1-15-6-10(11(14)16-2)17-9-5-7(13)3-4-8(9)12/h3-6H,1-2H3/b10-6+. The van der Waals surface area contributed by atoms with E-state index < -0.39 is 5.97 Å². The number of carbonyl (C=O) groups excluding carboxylic acids is 1. The van der Waals surface area contributed by atoms with Crippen molar-refractivity contribution >= 4 is 40.2 Å². The van der Waals surface area contributed by atoms with Gasteiger partial charge in [0, 0.05) is 3.57 Å². The van der Waals surface area contributed by atoms with Crippen LogP contribution in [0.15, 0.2) is 30.2 Å². The first kappa shape index (κ1) is 14.1. The molecule has 0 fully saturated rings. The Balaban J connectivity index is 2.97. The predicted molar refractivity (Wildman–Crippen MR) is 71.9 cm³/mol. The van der Waals surface area contributed by atoms with Crippen LogP contribution < -0.4 is 4.74 Å². The van der Waals surface area contributed by atoms with Crippen molar-refractivity contribution in [1.82, 2.24) is 0 Å². The largest absolute Gasteiger partial charge is 0.500 e. The first-order valence-corrected chi connectivity index (χ1v) is 5.98. The van der Waals surface area contributed by atoms with E-state index in [0.717, 1.165) is 9.83 Å². The Labute approximate surface area is 118 Å². The van der Waals surface area contributed by atoms with Crippen LogP contribution in [0, 0.1) is 3.57 Å². The quantitative estimate of drug-likeness (QED) is 0.355. The molecule has 1 aromatic rings. The van der Waals surface area contributed by atoms with Gasteiger partial charge in [0.1, 0.15) is 12.0 Å². The summed E-state index contributed by atoms with van der Waals surface area (Å²) < 4.78 is 15.6. The van der Waals surface area contributed by atoms with E-state index in [1.54, 1.807) is 12.1 Å². The highest BCUT2D eigenvalue weighted by Crippen LogP contribution is 2.28. The molecule has 17 heavy (non-hydrogen) atoms. The molecule has 1 rings (SSSR count). The molecule has 0 radical (unpaired) electrons. The van der Waals surface area contributed by atoms with Crippen LogP contribution >= 0.6 is 34.2 Å². The Bertz CT molecular complexity index is 445. The van der Waals surface area contributed by atoms with E-state index in [1.165, 1.54) is 14.2 Å². The molecule has 6 heteroatoms. The summed E-state index contributed by atoms with van der Waals surface area (Å²) in [5.41, 5.74) is 0. The normalized spacial score (nSPS) is 10.9. The monoisotopic (exact) mass is 368 g/mol. The lowest BCUT2D eigenvalue weighted by atomic mass is 10.3. The molecule has 0 heterocycles. The van der Waals surface area contributed by atoms with Crippen LogP contribution in [-0.4, -0.2) is 20.2 Å². The maximum absolute atomic E-state index is 11.4. The Kier molecular flexibility index (Phi) is 5.57. The lowest BCUT2D eigenvalue weighted by molar-refractivity contribution is -0.138. The predicted octanol–water partition coefficient (Wildman–Crippen LogP) is 2.98. The van der Waals surface area contributed by atoms with Gasteiger partial charge in [0.25, 0.3) is 0 Å². The molecule has 92 valence electrons. The first-order valence-electron chi connectivity index (χ1n) is 4.52. The number of esters is 1. The van der Waals surface area contributed by atoms with Crippen LogP contribution in [0.3, 0.4) is 0 Å². The van der Waals surface area contributed by atoms with Gasteiger partial charge in [0.2, 0.25) is 5.76 Å². The SMILES string of the molecule is CO/C=C(/Oc1cc(I)ccc1Cl)C(=O)OC. The molecule has 0 atom stereocenters. The Morgan fingerprint density at radius 2 is 2.12 bits per heavy atom.